The molecule has 0 radical (unpaired) electrons. The summed E-state index contributed by atoms with van der Waals surface area (Å²) in [7, 11) is 0. The Hall–Kier alpha value is -2.50. The summed E-state index contributed by atoms with van der Waals surface area (Å²) in [5, 5.41) is 9.17. The third kappa shape index (κ3) is 2.52. The van der Waals surface area contributed by atoms with Crippen LogP contribution in [0.4, 0.5) is 0 Å². The van der Waals surface area contributed by atoms with E-state index < -0.39 is 5.97 Å². The standard InChI is InChI=1S/C18H20N2O4/c1-11-8-15-16(24-10-23-15)9-14(11)17-19-6-7-20(17)13-4-2-12(3-5-13)18(21)22/h6-9,12-13H,2-5,10H2,1H3,(H,21,22). The van der Waals surface area contributed by atoms with Gasteiger partial charge in [0, 0.05) is 24.0 Å². The highest BCUT2D eigenvalue weighted by Gasteiger charge is 2.28. The minimum Gasteiger partial charge on any atom is -0.481 e. The number of hydrogen-bond acceptors (Lipinski definition) is 4. The number of nitrogens with zero attached hydrogens (tertiary/aromatic N) is 2. The lowest BCUT2D eigenvalue weighted by Gasteiger charge is -2.28. The molecule has 2 aromatic rings. The fraction of sp³-hybridized carbons (Fsp3) is 0.444. The van der Waals surface area contributed by atoms with Gasteiger partial charge in [0.05, 0.1) is 5.92 Å². The van der Waals surface area contributed by atoms with E-state index >= 15 is 0 Å². The summed E-state index contributed by atoms with van der Waals surface area (Å²) < 4.78 is 13.1. The van der Waals surface area contributed by atoms with Gasteiger partial charge in [0.15, 0.2) is 11.5 Å². The summed E-state index contributed by atoms with van der Waals surface area (Å²) in [6, 6.07) is 4.26. The molecule has 0 atom stereocenters. The number of rotatable bonds is 3. The molecule has 6 nitrogen and oxygen atoms in total. The number of carbonyl (C=O) groups is 1. The average molecular weight is 328 g/mol. The number of carboxylic acids is 1. The minimum absolute atomic E-state index is 0.208. The lowest BCUT2D eigenvalue weighted by molar-refractivity contribution is -0.143. The third-order valence-corrected chi connectivity index (χ3v) is 5.07. The van der Waals surface area contributed by atoms with Crippen LogP contribution in [0.15, 0.2) is 24.5 Å². The summed E-state index contributed by atoms with van der Waals surface area (Å²) in [5.41, 5.74) is 2.12. The highest BCUT2D eigenvalue weighted by Crippen LogP contribution is 2.40. The number of aliphatic carboxylic acids is 1. The molecule has 6 heteroatoms. The van der Waals surface area contributed by atoms with E-state index in [1.54, 1.807) is 0 Å². The lowest BCUT2D eigenvalue weighted by atomic mass is 9.86. The van der Waals surface area contributed by atoms with Gasteiger partial charge in [0.25, 0.3) is 0 Å². The van der Waals surface area contributed by atoms with Gasteiger partial charge in [-0.25, -0.2) is 4.98 Å². The highest BCUT2D eigenvalue weighted by molar-refractivity contribution is 5.70. The SMILES string of the molecule is Cc1cc2c(cc1-c1nccn1C1CCC(C(=O)O)CC1)OCO2. The van der Waals surface area contributed by atoms with Crippen molar-refractivity contribution in [1.29, 1.82) is 0 Å². The second-order valence-electron chi connectivity index (χ2n) is 6.52. The number of fused-ring (bicyclic) bond motifs is 1. The summed E-state index contributed by atoms with van der Waals surface area (Å²) in [5.74, 6) is 1.55. The summed E-state index contributed by atoms with van der Waals surface area (Å²) in [6.07, 6.45) is 6.97. The average Bonchev–Trinajstić information content (AvgIpc) is 3.22. The fourth-order valence-electron chi connectivity index (χ4n) is 3.70. The molecular weight excluding hydrogens is 308 g/mol. The van der Waals surface area contributed by atoms with Crippen molar-refractivity contribution in [3.63, 3.8) is 0 Å². The summed E-state index contributed by atoms with van der Waals surface area (Å²) in [6.45, 7) is 2.30. The van der Waals surface area contributed by atoms with E-state index in [1.165, 1.54) is 0 Å². The Morgan fingerprint density at radius 2 is 1.92 bits per heavy atom. The molecule has 1 aliphatic carbocycles. The van der Waals surface area contributed by atoms with E-state index in [0.717, 1.165) is 54.1 Å². The van der Waals surface area contributed by atoms with E-state index in [9.17, 15) is 4.79 Å². The molecule has 1 aromatic carbocycles. The molecule has 4 rings (SSSR count). The van der Waals surface area contributed by atoms with Gasteiger partial charge in [-0.3, -0.25) is 4.79 Å². The van der Waals surface area contributed by atoms with Gasteiger partial charge in [-0.1, -0.05) is 0 Å². The number of hydrogen-bond donors (Lipinski definition) is 1. The summed E-state index contributed by atoms with van der Waals surface area (Å²) >= 11 is 0. The first-order valence-corrected chi connectivity index (χ1v) is 8.29. The van der Waals surface area contributed by atoms with Gasteiger partial charge in [-0.15, -0.1) is 0 Å². The predicted octanol–water partition coefficient (Wildman–Crippen LogP) is 3.40. The van der Waals surface area contributed by atoms with Crippen molar-refractivity contribution in [3.05, 3.63) is 30.1 Å². The Morgan fingerprint density at radius 3 is 2.62 bits per heavy atom. The van der Waals surface area contributed by atoms with Gasteiger partial charge in [0.2, 0.25) is 6.79 Å². The second-order valence-corrected chi connectivity index (χ2v) is 6.52. The van der Waals surface area contributed by atoms with Crippen LogP contribution in [0.1, 0.15) is 37.3 Å². The number of aryl methyl sites for hydroxylation is 1. The molecule has 1 aromatic heterocycles. The van der Waals surface area contributed by atoms with Gasteiger partial charge >= 0.3 is 5.97 Å². The van der Waals surface area contributed by atoms with Crippen LogP contribution in [-0.4, -0.2) is 27.4 Å². The molecule has 2 heterocycles. The molecule has 0 spiro atoms. The zero-order valence-electron chi connectivity index (χ0n) is 13.6. The molecule has 2 aliphatic rings. The normalized spacial score (nSPS) is 22.5. The lowest BCUT2D eigenvalue weighted by Crippen LogP contribution is -2.23. The van der Waals surface area contributed by atoms with Gasteiger partial charge in [0.1, 0.15) is 5.82 Å². The van der Waals surface area contributed by atoms with E-state index in [0.29, 0.717) is 6.04 Å². The first-order chi connectivity index (χ1) is 11.6. The van der Waals surface area contributed by atoms with E-state index in [-0.39, 0.29) is 12.7 Å². The Balaban J connectivity index is 1.63. The maximum Gasteiger partial charge on any atom is 0.306 e. The first-order valence-electron chi connectivity index (χ1n) is 8.29. The van der Waals surface area contributed by atoms with Crippen molar-refractivity contribution < 1.29 is 19.4 Å². The molecule has 1 N–H and O–H groups in total. The van der Waals surface area contributed by atoms with Crippen LogP contribution < -0.4 is 9.47 Å². The Kier molecular flexibility index (Phi) is 3.67. The van der Waals surface area contributed by atoms with E-state index in [4.69, 9.17) is 14.6 Å². The quantitative estimate of drug-likeness (QED) is 0.935. The van der Waals surface area contributed by atoms with Crippen LogP contribution in [0.3, 0.4) is 0 Å². The number of imidazole rings is 1. The maximum absolute atomic E-state index is 11.1. The Morgan fingerprint density at radius 1 is 1.21 bits per heavy atom. The highest BCUT2D eigenvalue weighted by atomic mass is 16.7. The van der Waals surface area contributed by atoms with Crippen LogP contribution in [0.5, 0.6) is 11.5 Å². The monoisotopic (exact) mass is 328 g/mol. The van der Waals surface area contributed by atoms with Crippen molar-refractivity contribution in [2.45, 2.75) is 38.6 Å². The third-order valence-electron chi connectivity index (χ3n) is 5.07. The van der Waals surface area contributed by atoms with Crippen LogP contribution in [0, 0.1) is 12.8 Å². The van der Waals surface area contributed by atoms with Gasteiger partial charge < -0.3 is 19.1 Å². The van der Waals surface area contributed by atoms with E-state index in [1.807, 2.05) is 31.5 Å². The Labute approximate surface area is 140 Å². The minimum atomic E-state index is -0.675. The molecule has 0 amide bonds. The van der Waals surface area contributed by atoms with Gasteiger partial charge in [-0.05, 0) is 50.3 Å². The number of aromatic nitrogens is 2. The molecular formula is C18H20N2O4. The number of ether oxygens (including phenoxy) is 2. The van der Waals surface area contributed by atoms with Crippen molar-refractivity contribution >= 4 is 5.97 Å². The topological polar surface area (TPSA) is 73.6 Å². The largest absolute Gasteiger partial charge is 0.481 e. The molecule has 1 aliphatic heterocycles. The zero-order chi connectivity index (χ0) is 16.7. The molecule has 0 saturated heterocycles. The molecule has 24 heavy (non-hydrogen) atoms. The van der Waals surface area contributed by atoms with Crippen molar-refractivity contribution in [2.24, 2.45) is 5.92 Å². The Bertz CT molecular complexity index is 775. The predicted molar refractivity (Wildman–Crippen MR) is 87.2 cm³/mol. The fourth-order valence-corrected chi connectivity index (χ4v) is 3.70. The molecule has 0 bridgehead atoms. The van der Waals surface area contributed by atoms with Crippen LogP contribution in [0.25, 0.3) is 11.4 Å². The van der Waals surface area contributed by atoms with Crippen molar-refractivity contribution in [2.75, 3.05) is 6.79 Å². The smallest absolute Gasteiger partial charge is 0.306 e. The van der Waals surface area contributed by atoms with Crippen LogP contribution >= 0.6 is 0 Å². The molecule has 1 saturated carbocycles. The summed E-state index contributed by atoms with van der Waals surface area (Å²) in [4.78, 5) is 15.7. The second kappa shape index (κ2) is 5.85. The van der Waals surface area contributed by atoms with E-state index in [2.05, 4.69) is 9.55 Å². The number of benzene rings is 1. The molecule has 0 unspecified atom stereocenters. The van der Waals surface area contributed by atoms with Crippen LogP contribution in [-0.2, 0) is 4.79 Å². The maximum atomic E-state index is 11.1. The van der Waals surface area contributed by atoms with Gasteiger partial charge in [-0.2, -0.15) is 0 Å². The zero-order valence-corrected chi connectivity index (χ0v) is 13.6. The van der Waals surface area contributed by atoms with Crippen molar-refractivity contribution in [1.82, 2.24) is 9.55 Å². The molecule has 126 valence electrons. The molecule has 1 fully saturated rings. The number of carboxylic acid groups (broad SMARTS) is 1. The first kappa shape index (κ1) is 15.1. The van der Waals surface area contributed by atoms with Crippen molar-refractivity contribution in [3.8, 4) is 22.9 Å². The van der Waals surface area contributed by atoms with Crippen LogP contribution in [0.2, 0.25) is 0 Å².